The summed E-state index contributed by atoms with van der Waals surface area (Å²) in [5.74, 6) is 2.99. The second-order valence-corrected chi connectivity index (χ2v) is 7.07. The average Bonchev–Trinajstić information content (AvgIpc) is 3.08. The molecule has 0 aliphatic heterocycles. The van der Waals surface area contributed by atoms with E-state index in [0.717, 1.165) is 24.3 Å². The van der Waals surface area contributed by atoms with E-state index < -0.39 is 0 Å². The number of rotatable bonds is 5. The minimum atomic E-state index is 0.666. The van der Waals surface area contributed by atoms with E-state index >= 15 is 0 Å². The average molecular weight is 272 g/mol. The summed E-state index contributed by atoms with van der Waals surface area (Å²) in [5.41, 5.74) is 2.67. The van der Waals surface area contributed by atoms with E-state index in [1.807, 2.05) is 0 Å². The van der Waals surface area contributed by atoms with Crippen molar-refractivity contribution in [3.63, 3.8) is 0 Å². The van der Waals surface area contributed by atoms with Crippen LogP contribution in [0.4, 0.5) is 5.69 Å². The third-order valence-corrected chi connectivity index (χ3v) is 5.52. The molecule has 2 nitrogen and oxygen atoms in total. The molecule has 1 N–H and O–H groups in total. The van der Waals surface area contributed by atoms with Crippen molar-refractivity contribution in [3.8, 4) is 0 Å². The van der Waals surface area contributed by atoms with Gasteiger partial charge in [-0.2, -0.15) is 0 Å². The van der Waals surface area contributed by atoms with Crippen molar-refractivity contribution in [3.05, 3.63) is 29.8 Å². The Hall–Kier alpha value is -1.02. The van der Waals surface area contributed by atoms with Crippen molar-refractivity contribution in [2.75, 3.05) is 19.0 Å². The lowest BCUT2D eigenvalue weighted by atomic mass is 9.84. The minimum Gasteiger partial charge on any atom is -0.378 e. The number of anilines is 1. The highest BCUT2D eigenvalue weighted by Crippen LogP contribution is 2.49. The van der Waals surface area contributed by atoms with E-state index in [9.17, 15) is 0 Å². The molecule has 110 valence electrons. The second-order valence-electron chi connectivity index (χ2n) is 7.07. The van der Waals surface area contributed by atoms with E-state index in [0.29, 0.717) is 6.04 Å². The van der Waals surface area contributed by atoms with Crippen LogP contribution in [0.5, 0.6) is 0 Å². The van der Waals surface area contributed by atoms with Gasteiger partial charge in [0, 0.05) is 32.4 Å². The Balaban J connectivity index is 1.51. The van der Waals surface area contributed by atoms with Gasteiger partial charge in [-0.1, -0.05) is 18.6 Å². The Morgan fingerprint density at radius 1 is 1.15 bits per heavy atom. The van der Waals surface area contributed by atoms with Crippen molar-refractivity contribution < 1.29 is 0 Å². The van der Waals surface area contributed by atoms with Gasteiger partial charge in [0.1, 0.15) is 0 Å². The molecule has 0 unspecified atom stereocenters. The molecule has 2 saturated carbocycles. The molecule has 0 saturated heterocycles. The number of nitrogens with one attached hydrogen (secondary N) is 1. The van der Waals surface area contributed by atoms with Crippen LogP contribution < -0.4 is 10.2 Å². The molecule has 2 bridgehead atoms. The largest absolute Gasteiger partial charge is 0.378 e. The molecule has 4 atom stereocenters. The summed E-state index contributed by atoms with van der Waals surface area (Å²) in [6.07, 6.45) is 5.96. The van der Waals surface area contributed by atoms with Crippen LogP contribution in [0, 0.1) is 17.8 Å². The van der Waals surface area contributed by atoms with Crippen LogP contribution in [-0.4, -0.2) is 20.1 Å². The topological polar surface area (TPSA) is 15.3 Å². The molecule has 20 heavy (non-hydrogen) atoms. The van der Waals surface area contributed by atoms with Gasteiger partial charge in [0.2, 0.25) is 0 Å². The number of nitrogens with zero attached hydrogens (tertiary/aromatic N) is 1. The van der Waals surface area contributed by atoms with Crippen molar-refractivity contribution in [1.29, 1.82) is 0 Å². The van der Waals surface area contributed by atoms with Crippen LogP contribution in [0.3, 0.4) is 0 Å². The highest BCUT2D eigenvalue weighted by Gasteiger charge is 2.41. The Labute approximate surface area is 123 Å². The molecule has 2 fully saturated rings. The van der Waals surface area contributed by atoms with Gasteiger partial charge in [-0.15, -0.1) is 0 Å². The standard InChI is InChI=1S/C18H28N2/c1-13(18-11-15-4-7-16(18)10-15)19-12-14-5-8-17(9-6-14)20(2)3/h5-6,8-9,13,15-16,18-19H,4,7,10-12H2,1-3H3/t13-,15-,16-,18+/m0/s1. The number of hydrogen-bond acceptors (Lipinski definition) is 2. The molecule has 0 spiro atoms. The van der Waals surface area contributed by atoms with Crippen molar-refractivity contribution in [2.24, 2.45) is 17.8 Å². The van der Waals surface area contributed by atoms with Crippen LogP contribution in [0.25, 0.3) is 0 Å². The first-order chi connectivity index (χ1) is 9.63. The molecule has 1 aromatic carbocycles. The zero-order chi connectivity index (χ0) is 14.1. The van der Waals surface area contributed by atoms with Crippen molar-refractivity contribution in [2.45, 2.75) is 45.2 Å². The van der Waals surface area contributed by atoms with Gasteiger partial charge >= 0.3 is 0 Å². The third-order valence-electron chi connectivity index (χ3n) is 5.52. The van der Waals surface area contributed by atoms with Gasteiger partial charge in [0.25, 0.3) is 0 Å². The first kappa shape index (κ1) is 13.9. The first-order valence-corrected chi connectivity index (χ1v) is 8.13. The van der Waals surface area contributed by atoms with Gasteiger partial charge in [-0.25, -0.2) is 0 Å². The highest BCUT2D eigenvalue weighted by atomic mass is 15.1. The predicted molar refractivity (Wildman–Crippen MR) is 86.0 cm³/mol. The fraction of sp³-hybridized carbons (Fsp3) is 0.667. The lowest BCUT2D eigenvalue weighted by Crippen LogP contribution is -2.35. The summed E-state index contributed by atoms with van der Waals surface area (Å²) in [4.78, 5) is 2.15. The van der Waals surface area contributed by atoms with Gasteiger partial charge in [-0.05, 0) is 61.6 Å². The van der Waals surface area contributed by atoms with Crippen molar-refractivity contribution in [1.82, 2.24) is 5.32 Å². The van der Waals surface area contributed by atoms with Gasteiger partial charge in [0.05, 0.1) is 0 Å². The summed E-state index contributed by atoms with van der Waals surface area (Å²) in [6, 6.07) is 9.57. The Kier molecular flexibility index (Phi) is 4.02. The van der Waals surface area contributed by atoms with E-state index in [-0.39, 0.29) is 0 Å². The molecule has 2 heteroatoms. The molecular formula is C18H28N2. The van der Waals surface area contributed by atoms with E-state index in [2.05, 4.69) is 55.5 Å². The van der Waals surface area contributed by atoms with Gasteiger partial charge in [0.15, 0.2) is 0 Å². The van der Waals surface area contributed by atoms with Crippen LogP contribution in [0.15, 0.2) is 24.3 Å². The number of hydrogen-bond donors (Lipinski definition) is 1. The first-order valence-electron chi connectivity index (χ1n) is 8.13. The molecule has 1 aromatic rings. The molecule has 3 rings (SSSR count). The SMILES string of the molecule is C[C@H](NCc1ccc(N(C)C)cc1)[C@H]1C[C@H]2CC[C@H]1C2. The van der Waals surface area contributed by atoms with Crippen LogP contribution in [0.1, 0.15) is 38.2 Å². The maximum Gasteiger partial charge on any atom is 0.0361 e. The summed E-state index contributed by atoms with van der Waals surface area (Å²) in [7, 11) is 4.18. The Morgan fingerprint density at radius 2 is 1.90 bits per heavy atom. The summed E-state index contributed by atoms with van der Waals surface area (Å²) in [5, 5.41) is 3.76. The molecule has 0 amide bonds. The second kappa shape index (κ2) is 5.77. The summed E-state index contributed by atoms with van der Waals surface area (Å²) < 4.78 is 0. The summed E-state index contributed by atoms with van der Waals surface area (Å²) in [6.45, 7) is 3.39. The quantitative estimate of drug-likeness (QED) is 0.880. The molecule has 2 aliphatic rings. The van der Waals surface area contributed by atoms with E-state index in [1.54, 1.807) is 0 Å². The molecule has 0 heterocycles. The zero-order valence-electron chi connectivity index (χ0n) is 13.1. The maximum atomic E-state index is 3.76. The lowest BCUT2D eigenvalue weighted by molar-refractivity contribution is 0.259. The zero-order valence-corrected chi connectivity index (χ0v) is 13.1. The van der Waals surface area contributed by atoms with E-state index in [4.69, 9.17) is 0 Å². The predicted octanol–water partition coefficient (Wildman–Crippen LogP) is 3.67. The minimum absolute atomic E-state index is 0.666. The number of fused-ring (bicyclic) bond motifs is 2. The summed E-state index contributed by atoms with van der Waals surface area (Å²) >= 11 is 0. The van der Waals surface area contributed by atoms with Crippen LogP contribution in [0.2, 0.25) is 0 Å². The Bertz CT molecular complexity index is 437. The maximum absolute atomic E-state index is 3.76. The van der Waals surface area contributed by atoms with Gasteiger partial charge in [-0.3, -0.25) is 0 Å². The van der Waals surface area contributed by atoms with Crippen LogP contribution >= 0.6 is 0 Å². The third kappa shape index (κ3) is 2.85. The normalized spacial score (nSPS) is 29.6. The van der Waals surface area contributed by atoms with Gasteiger partial charge < -0.3 is 10.2 Å². The molecule has 2 aliphatic carbocycles. The molecule has 0 aromatic heterocycles. The van der Waals surface area contributed by atoms with Crippen LogP contribution in [-0.2, 0) is 6.54 Å². The Morgan fingerprint density at radius 3 is 2.45 bits per heavy atom. The van der Waals surface area contributed by atoms with Crippen molar-refractivity contribution >= 4 is 5.69 Å². The molecule has 0 radical (unpaired) electrons. The fourth-order valence-corrected chi connectivity index (χ4v) is 4.25. The smallest absolute Gasteiger partial charge is 0.0361 e. The van der Waals surface area contributed by atoms with E-state index in [1.165, 1.54) is 36.9 Å². The lowest BCUT2D eigenvalue weighted by Gasteiger charge is -2.28. The monoisotopic (exact) mass is 272 g/mol. The fourth-order valence-electron chi connectivity index (χ4n) is 4.25. The highest BCUT2D eigenvalue weighted by molar-refractivity contribution is 5.45. The number of benzene rings is 1. The molecular weight excluding hydrogens is 244 g/mol.